The fraction of sp³-hybridized carbons (Fsp3) is 0.412. The highest BCUT2D eigenvalue weighted by atomic mass is 16.5. The molecule has 0 atom stereocenters. The van der Waals surface area contributed by atoms with Crippen LogP contribution >= 0.6 is 0 Å². The predicted octanol–water partition coefficient (Wildman–Crippen LogP) is 3.59. The lowest BCUT2D eigenvalue weighted by molar-refractivity contribution is 0.395. The van der Waals surface area contributed by atoms with Gasteiger partial charge in [0.1, 0.15) is 29.5 Å². The molecule has 3 rings (SSSR count). The van der Waals surface area contributed by atoms with E-state index in [9.17, 15) is 0 Å². The number of hydrogen-bond acceptors (Lipinski definition) is 6. The maximum atomic E-state index is 5.40. The van der Waals surface area contributed by atoms with Crippen LogP contribution in [0.5, 0.6) is 11.5 Å². The second-order valence-corrected chi connectivity index (χ2v) is 5.61. The van der Waals surface area contributed by atoms with Crippen molar-refractivity contribution < 1.29 is 9.47 Å². The first-order valence-electron chi connectivity index (χ1n) is 7.86. The molecule has 2 N–H and O–H groups in total. The van der Waals surface area contributed by atoms with Crippen LogP contribution in [0.15, 0.2) is 30.6 Å². The third-order valence-corrected chi connectivity index (χ3v) is 4.05. The van der Waals surface area contributed by atoms with Gasteiger partial charge in [-0.3, -0.25) is 0 Å². The van der Waals surface area contributed by atoms with Crippen molar-refractivity contribution >= 4 is 17.3 Å². The lowest BCUT2D eigenvalue weighted by atomic mass is 10.2. The van der Waals surface area contributed by atoms with Crippen molar-refractivity contribution in [2.45, 2.75) is 31.7 Å². The highest BCUT2D eigenvalue weighted by Crippen LogP contribution is 2.31. The van der Waals surface area contributed by atoms with Crippen molar-refractivity contribution in [1.82, 2.24) is 9.97 Å². The van der Waals surface area contributed by atoms with Gasteiger partial charge in [-0.15, -0.1) is 0 Å². The van der Waals surface area contributed by atoms with Crippen LogP contribution in [0.3, 0.4) is 0 Å². The van der Waals surface area contributed by atoms with E-state index in [4.69, 9.17) is 9.47 Å². The Bertz CT molecular complexity index is 657. The fourth-order valence-electron chi connectivity index (χ4n) is 2.82. The summed E-state index contributed by atoms with van der Waals surface area (Å²) in [6.07, 6.45) is 6.56. The lowest BCUT2D eigenvalue weighted by Gasteiger charge is -2.14. The number of hydrogen-bond donors (Lipinski definition) is 2. The highest BCUT2D eigenvalue weighted by molar-refractivity contribution is 5.66. The molecular weight excluding hydrogens is 292 g/mol. The summed E-state index contributed by atoms with van der Waals surface area (Å²) in [5.74, 6) is 3.03. The van der Waals surface area contributed by atoms with E-state index in [1.165, 1.54) is 25.7 Å². The summed E-state index contributed by atoms with van der Waals surface area (Å²) in [6.45, 7) is 0. The molecule has 1 saturated carbocycles. The topological polar surface area (TPSA) is 68.3 Å². The SMILES string of the molecule is COc1ccc(Nc2cc(NC3CCCC3)ncn2)c(OC)c1. The standard InChI is InChI=1S/C17H22N4O2/c1-22-13-7-8-14(15(9-13)23-2)21-17-10-16(18-11-19-17)20-12-5-3-4-6-12/h7-12H,3-6H2,1-2H3,(H2,18,19,20,21). The number of nitrogens with one attached hydrogen (secondary N) is 2. The molecule has 0 radical (unpaired) electrons. The van der Waals surface area contributed by atoms with Crippen molar-refractivity contribution in [2.24, 2.45) is 0 Å². The van der Waals surface area contributed by atoms with E-state index in [-0.39, 0.29) is 0 Å². The number of rotatable bonds is 6. The van der Waals surface area contributed by atoms with Crippen molar-refractivity contribution in [3.05, 3.63) is 30.6 Å². The Kier molecular flexibility index (Phi) is 4.80. The second-order valence-electron chi connectivity index (χ2n) is 5.61. The molecule has 0 amide bonds. The normalized spacial score (nSPS) is 14.5. The van der Waals surface area contributed by atoms with Crippen LogP contribution in [-0.4, -0.2) is 30.2 Å². The van der Waals surface area contributed by atoms with Crippen molar-refractivity contribution in [3.8, 4) is 11.5 Å². The number of methoxy groups -OCH3 is 2. The van der Waals surface area contributed by atoms with Gasteiger partial charge < -0.3 is 20.1 Å². The number of ether oxygens (including phenoxy) is 2. The van der Waals surface area contributed by atoms with Crippen LogP contribution in [0.4, 0.5) is 17.3 Å². The van der Waals surface area contributed by atoms with Crippen LogP contribution in [0.1, 0.15) is 25.7 Å². The van der Waals surface area contributed by atoms with Crippen molar-refractivity contribution in [1.29, 1.82) is 0 Å². The van der Waals surface area contributed by atoms with E-state index in [1.54, 1.807) is 20.5 Å². The Morgan fingerprint density at radius 3 is 2.52 bits per heavy atom. The third kappa shape index (κ3) is 3.83. The summed E-state index contributed by atoms with van der Waals surface area (Å²) >= 11 is 0. The van der Waals surface area contributed by atoms with E-state index in [1.807, 2.05) is 24.3 Å². The zero-order valence-corrected chi connectivity index (χ0v) is 13.5. The van der Waals surface area contributed by atoms with Crippen LogP contribution in [0.2, 0.25) is 0 Å². The third-order valence-electron chi connectivity index (χ3n) is 4.05. The monoisotopic (exact) mass is 314 g/mol. The Hall–Kier alpha value is -2.50. The molecule has 1 aromatic carbocycles. The second kappa shape index (κ2) is 7.17. The zero-order valence-electron chi connectivity index (χ0n) is 13.5. The molecular formula is C17H22N4O2. The number of nitrogens with zero attached hydrogens (tertiary/aromatic N) is 2. The molecule has 1 aromatic heterocycles. The molecule has 0 spiro atoms. The maximum absolute atomic E-state index is 5.40. The van der Waals surface area contributed by atoms with Gasteiger partial charge in [-0.25, -0.2) is 9.97 Å². The summed E-state index contributed by atoms with van der Waals surface area (Å²) < 4.78 is 10.6. The first-order chi connectivity index (χ1) is 11.3. The number of benzene rings is 1. The van der Waals surface area contributed by atoms with Gasteiger partial charge in [0.15, 0.2) is 0 Å². The fourth-order valence-corrected chi connectivity index (χ4v) is 2.82. The minimum Gasteiger partial charge on any atom is -0.497 e. The highest BCUT2D eigenvalue weighted by Gasteiger charge is 2.15. The minimum atomic E-state index is 0.522. The minimum absolute atomic E-state index is 0.522. The number of aromatic nitrogens is 2. The van der Waals surface area contributed by atoms with Gasteiger partial charge in [0.2, 0.25) is 0 Å². The first kappa shape index (κ1) is 15.4. The maximum Gasteiger partial charge on any atom is 0.146 e. The molecule has 23 heavy (non-hydrogen) atoms. The van der Waals surface area contributed by atoms with E-state index in [0.29, 0.717) is 11.8 Å². The molecule has 0 aliphatic heterocycles. The first-order valence-corrected chi connectivity index (χ1v) is 7.86. The van der Waals surface area contributed by atoms with E-state index >= 15 is 0 Å². The van der Waals surface area contributed by atoms with Crippen molar-refractivity contribution in [2.75, 3.05) is 24.9 Å². The summed E-state index contributed by atoms with van der Waals surface area (Å²) in [5, 5.41) is 6.74. The average molecular weight is 314 g/mol. The van der Waals surface area contributed by atoms with Crippen LogP contribution in [0.25, 0.3) is 0 Å². The largest absolute Gasteiger partial charge is 0.497 e. The lowest BCUT2D eigenvalue weighted by Crippen LogP contribution is -2.15. The quantitative estimate of drug-likeness (QED) is 0.849. The van der Waals surface area contributed by atoms with Gasteiger partial charge in [0.25, 0.3) is 0 Å². The van der Waals surface area contributed by atoms with Gasteiger partial charge in [-0.2, -0.15) is 0 Å². The Balaban J connectivity index is 1.74. The average Bonchev–Trinajstić information content (AvgIpc) is 3.08. The molecule has 1 heterocycles. The van der Waals surface area contributed by atoms with Gasteiger partial charge in [-0.05, 0) is 25.0 Å². The van der Waals surface area contributed by atoms with Crippen LogP contribution in [0, 0.1) is 0 Å². The van der Waals surface area contributed by atoms with Crippen LogP contribution in [-0.2, 0) is 0 Å². The zero-order chi connectivity index (χ0) is 16.1. The summed E-state index contributed by atoms with van der Waals surface area (Å²) in [5.41, 5.74) is 0.832. The molecule has 1 fully saturated rings. The Morgan fingerprint density at radius 2 is 1.78 bits per heavy atom. The van der Waals surface area contributed by atoms with Gasteiger partial charge in [0, 0.05) is 18.2 Å². The predicted molar refractivity (Wildman–Crippen MR) is 90.7 cm³/mol. The smallest absolute Gasteiger partial charge is 0.146 e. The Morgan fingerprint density at radius 1 is 1.00 bits per heavy atom. The van der Waals surface area contributed by atoms with Gasteiger partial charge >= 0.3 is 0 Å². The van der Waals surface area contributed by atoms with E-state index < -0.39 is 0 Å². The molecule has 0 unspecified atom stereocenters. The van der Waals surface area contributed by atoms with Crippen molar-refractivity contribution in [3.63, 3.8) is 0 Å². The molecule has 6 heteroatoms. The molecule has 0 bridgehead atoms. The summed E-state index contributed by atoms with van der Waals surface area (Å²) in [4.78, 5) is 8.58. The van der Waals surface area contributed by atoms with Gasteiger partial charge in [0.05, 0.1) is 19.9 Å². The molecule has 122 valence electrons. The summed E-state index contributed by atoms with van der Waals surface area (Å²) in [7, 11) is 3.26. The Labute approximate surface area is 136 Å². The summed E-state index contributed by atoms with van der Waals surface area (Å²) in [6, 6.07) is 8.06. The number of anilines is 3. The molecule has 1 aliphatic carbocycles. The molecule has 6 nitrogen and oxygen atoms in total. The van der Waals surface area contributed by atoms with E-state index in [2.05, 4.69) is 20.6 Å². The van der Waals surface area contributed by atoms with Crippen LogP contribution < -0.4 is 20.1 Å². The van der Waals surface area contributed by atoms with Gasteiger partial charge in [-0.1, -0.05) is 12.8 Å². The van der Waals surface area contributed by atoms with E-state index in [0.717, 1.165) is 23.1 Å². The molecule has 0 saturated heterocycles. The molecule has 2 aromatic rings. The molecule has 1 aliphatic rings.